The molecule has 6 nitrogen and oxygen atoms in total. The van der Waals surface area contributed by atoms with E-state index in [4.69, 9.17) is 4.74 Å². The average molecular weight is 519 g/mol. The van der Waals surface area contributed by atoms with Crippen LogP contribution in [0.1, 0.15) is 42.7 Å². The number of benzene rings is 2. The molecule has 0 radical (unpaired) electrons. The van der Waals surface area contributed by atoms with Crippen LogP contribution in [0.4, 0.5) is 13.2 Å². The monoisotopic (exact) mass is 518 g/mol. The molecule has 1 heterocycles. The second-order valence-electron chi connectivity index (χ2n) is 10.3. The molecule has 1 aliphatic carbocycles. The first kappa shape index (κ1) is 27.0. The molecule has 2 aliphatic rings. The second kappa shape index (κ2) is 11.1. The van der Waals surface area contributed by atoms with Gasteiger partial charge in [0, 0.05) is 25.0 Å². The molecular weight excluding hydrogens is 485 g/mol. The molecule has 4 rings (SSSR count). The van der Waals surface area contributed by atoms with Gasteiger partial charge in [-0.25, -0.2) is 0 Å². The van der Waals surface area contributed by atoms with Gasteiger partial charge < -0.3 is 19.6 Å². The third kappa shape index (κ3) is 6.83. The fraction of sp³-hybridized carbons (Fsp3) is 0.500. The molecule has 2 atom stereocenters. The van der Waals surface area contributed by atoms with E-state index < -0.39 is 23.5 Å². The molecule has 1 saturated carbocycles. The van der Waals surface area contributed by atoms with Crippen molar-refractivity contribution in [1.82, 2.24) is 9.80 Å². The number of carbonyl (C=O) groups excluding carboxylic acids is 2. The topological polar surface area (TPSA) is 70.1 Å². The Hall–Kier alpha value is -3.07. The van der Waals surface area contributed by atoms with E-state index in [9.17, 15) is 27.9 Å². The number of aromatic hydroxyl groups is 1. The van der Waals surface area contributed by atoms with Crippen LogP contribution >= 0.6 is 0 Å². The summed E-state index contributed by atoms with van der Waals surface area (Å²) in [6.07, 6.45) is -2.65. The van der Waals surface area contributed by atoms with Crippen LogP contribution in [0.15, 0.2) is 54.6 Å². The molecule has 1 saturated heterocycles. The summed E-state index contributed by atoms with van der Waals surface area (Å²) in [5.74, 6) is -2.12. The summed E-state index contributed by atoms with van der Waals surface area (Å²) in [6.45, 7) is 1.69. The van der Waals surface area contributed by atoms with Crippen molar-refractivity contribution in [3.8, 4) is 5.75 Å². The van der Waals surface area contributed by atoms with Gasteiger partial charge in [-0.2, -0.15) is 13.2 Å². The van der Waals surface area contributed by atoms with Crippen molar-refractivity contribution in [2.75, 3.05) is 33.3 Å². The SMILES string of the molecule is COC(=O)CCN1CCC(Cc2cccc(O)c2)(CN(C(=O)C(F)(F)F)C2CC2c2ccccc2)CC1. The number of halogens is 3. The number of esters is 1. The normalized spacial score (nSPS) is 21.3. The molecule has 0 bridgehead atoms. The van der Waals surface area contributed by atoms with Crippen LogP contribution < -0.4 is 0 Å². The molecule has 9 heteroatoms. The molecule has 0 spiro atoms. The molecule has 37 heavy (non-hydrogen) atoms. The van der Waals surface area contributed by atoms with Crippen LogP contribution in [0.2, 0.25) is 0 Å². The number of nitrogens with zero attached hydrogens (tertiary/aromatic N) is 2. The van der Waals surface area contributed by atoms with Gasteiger partial charge in [0.25, 0.3) is 0 Å². The fourth-order valence-electron chi connectivity index (χ4n) is 5.54. The third-order valence-electron chi connectivity index (χ3n) is 7.66. The number of ether oxygens (including phenoxy) is 1. The summed E-state index contributed by atoms with van der Waals surface area (Å²) in [5.41, 5.74) is 1.16. The van der Waals surface area contributed by atoms with Gasteiger partial charge in [0.2, 0.25) is 0 Å². The van der Waals surface area contributed by atoms with Crippen LogP contribution in [-0.2, 0) is 20.7 Å². The quantitative estimate of drug-likeness (QED) is 0.494. The molecular formula is C28H33F3N2O4. The van der Waals surface area contributed by atoms with Crippen molar-refractivity contribution < 1.29 is 32.6 Å². The highest BCUT2D eigenvalue weighted by Crippen LogP contribution is 2.48. The second-order valence-corrected chi connectivity index (χ2v) is 10.3. The maximum Gasteiger partial charge on any atom is 0.471 e. The Morgan fingerprint density at radius 1 is 1.11 bits per heavy atom. The zero-order valence-corrected chi connectivity index (χ0v) is 20.9. The van der Waals surface area contributed by atoms with Gasteiger partial charge in [-0.05, 0) is 67.4 Å². The number of hydrogen-bond acceptors (Lipinski definition) is 5. The van der Waals surface area contributed by atoms with Crippen LogP contribution in [0, 0.1) is 5.41 Å². The molecule has 200 valence electrons. The molecule has 2 fully saturated rings. The summed E-state index contributed by atoms with van der Waals surface area (Å²) in [6, 6.07) is 15.6. The number of piperidine rings is 1. The highest BCUT2D eigenvalue weighted by Gasteiger charge is 2.54. The van der Waals surface area contributed by atoms with Crippen LogP contribution in [0.3, 0.4) is 0 Å². The van der Waals surface area contributed by atoms with Gasteiger partial charge in [-0.3, -0.25) is 9.59 Å². The fourth-order valence-corrected chi connectivity index (χ4v) is 5.54. The summed E-state index contributed by atoms with van der Waals surface area (Å²) < 4.78 is 46.0. The largest absolute Gasteiger partial charge is 0.508 e. The maximum atomic E-state index is 13.8. The van der Waals surface area contributed by atoms with Crippen molar-refractivity contribution in [3.05, 3.63) is 65.7 Å². The number of amides is 1. The van der Waals surface area contributed by atoms with Crippen molar-refractivity contribution in [2.45, 2.75) is 50.2 Å². The van der Waals surface area contributed by atoms with Crippen molar-refractivity contribution in [3.63, 3.8) is 0 Å². The number of alkyl halides is 3. The Bertz CT molecular complexity index is 1080. The summed E-state index contributed by atoms with van der Waals surface area (Å²) >= 11 is 0. The van der Waals surface area contributed by atoms with Gasteiger partial charge in [0.15, 0.2) is 0 Å². The molecule has 0 aromatic heterocycles. The number of hydrogen-bond donors (Lipinski definition) is 1. The Morgan fingerprint density at radius 3 is 2.43 bits per heavy atom. The summed E-state index contributed by atoms with van der Waals surface area (Å²) in [5, 5.41) is 9.98. The zero-order chi connectivity index (χ0) is 26.6. The highest BCUT2D eigenvalue weighted by molar-refractivity contribution is 5.82. The van der Waals surface area contributed by atoms with E-state index in [0.29, 0.717) is 45.3 Å². The number of carbonyl (C=O) groups is 2. The van der Waals surface area contributed by atoms with E-state index in [-0.39, 0.29) is 30.6 Å². The Morgan fingerprint density at radius 2 is 1.81 bits per heavy atom. The number of phenolic OH excluding ortho intramolecular Hbond substituents is 1. The standard InChI is InChI=1S/C28H33F3N2O4/c1-37-25(35)10-13-32-14-11-27(12-15-32,18-20-6-5-9-22(34)16-20)19-33(26(36)28(29,30)31)24-17-23(24)21-7-3-2-4-8-21/h2-9,16,23-24,34H,10-15,17-19H2,1H3. The van der Waals surface area contributed by atoms with Gasteiger partial charge in [-0.15, -0.1) is 0 Å². The predicted molar refractivity (Wildman–Crippen MR) is 132 cm³/mol. The van der Waals surface area contributed by atoms with Crippen molar-refractivity contribution >= 4 is 11.9 Å². The van der Waals surface area contributed by atoms with Crippen LogP contribution in [0.25, 0.3) is 0 Å². The van der Waals surface area contributed by atoms with Crippen molar-refractivity contribution in [2.24, 2.45) is 5.41 Å². The van der Waals surface area contributed by atoms with Gasteiger partial charge in [0.1, 0.15) is 5.75 Å². The number of methoxy groups -OCH3 is 1. The Labute approximate surface area is 215 Å². The van der Waals surface area contributed by atoms with Crippen LogP contribution in [-0.4, -0.2) is 72.3 Å². The van der Waals surface area contributed by atoms with E-state index in [0.717, 1.165) is 16.0 Å². The first-order valence-electron chi connectivity index (χ1n) is 12.6. The summed E-state index contributed by atoms with van der Waals surface area (Å²) in [7, 11) is 1.34. The smallest absolute Gasteiger partial charge is 0.471 e. The minimum Gasteiger partial charge on any atom is -0.508 e. The lowest BCUT2D eigenvalue weighted by Crippen LogP contribution is -2.52. The average Bonchev–Trinajstić information content (AvgIpc) is 3.67. The van der Waals surface area contributed by atoms with E-state index in [1.54, 1.807) is 18.2 Å². The Balaban J connectivity index is 1.57. The molecule has 1 amide bonds. The zero-order valence-electron chi connectivity index (χ0n) is 20.9. The molecule has 2 aromatic rings. The van der Waals surface area contributed by atoms with Gasteiger partial charge >= 0.3 is 18.1 Å². The lowest BCUT2D eigenvalue weighted by atomic mass is 9.73. The first-order valence-corrected chi connectivity index (χ1v) is 12.6. The number of likely N-dealkylation sites (tertiary alicyclic amines) is 1. The van der Waals surface area contributed by atoms with E-state index in [2.05, 4.69) is 4.90 Å². The molecule has 1 aliphatic heterocycles. The van der Waals surface area contributed by atoms with E-state index in [1.165, 1.54) is 7.11 Å². The summed E-state index contributed by atoms with van der Waals surface area (Å²) in [4.78, 5) is 27.5. The van der Waals surface area contributed by atoms with E-state index >= 15 is 0 Å². The maximum absolute atomic E-state index is 13.8. The molecule has 2 aromatic carbocycles. The number of rotatable bonds is 9. The third-order valence-corrected chi connectivity index (χ3v) is 7.66. The predicted octanol–water partition coefficient (Wildman–Crippen LogP) is 4.53. The van der Waals surface area contributed by atoms with Gasteiger partial charge in [0.05, 0.1) is 13.5 Å². The highest BCUT2D eigenvalue weighted by atomic mass is 19.4. The first-order chi connectivity index (χ1) is 17.6. The number of phenols is 1. The van der Waals surface area contributed by atoms with Crippen molar-refractivity contribution in [1.29, 1.82) is 0 Å². The lowest BCUT2D eigenvalue weighted by Gasteiger charge is -2.45. The minimum atomic E-state index is -4.96. The minimum absolute atomic E-state index is 0.0140. The van der Waals surface area contributed by atoms with E-state index in [1.807, 2.05) is 36.4 Å². The molecule has 2 unspecified atom stereocenters. The molecule has 1 N–H and O–H groups in total. The van der Waals surface area contributed by atoms with Crippen LogP contribution in [0.5, 0.6) is 5.75 Å². The van der Waals surface area contributed by atoms with Gasteiger partial charge in [-0.1, -0.05) is 42.5 Å². The Kier molecular flexibility index (Phi) is 8.11. The lowest BCUT2D eigenvalue weighted by molar-refractivity contribution is -0.188.